The van der Waals surface area contributed by atoms with E-state index in [1.54, 1.807) is 0 Å². The second-order valence-electron chi connectivity index (χ2n) is 5.07. The minimum absolute atomic E-state index is 0.579. The highest BCUT2D eigenvalue weighted by Gasteiger charge is 2.13. The van der Waals surface area contributed by atoms with Crippen molar-refractivity contribution in [2.45, 2.75) is 13.5 Å². The van der Waals surface area contributed by atoms with Crippen LogP contribution in [-0.2, 0) is 6.54 Å². The van der Waals surface area contributed by atoms with Crippen molar-refractivity contribution in [2.24, 2.45) is 0 Å². The molecule has 100 valence electrons. The molecule has 1 aromatic carbocycles. The number of nitrogens with two attached hydrogens (primary N) is 1. The van der Waals surface area contributed by atoms with Crippen LogP contribution < -0.4 is 11.1 Å². The van der Waals surface area contributed by atoms with Gasteiger partial charge in [0.1, 0.15) is 11.6 Å². The Kier molecular flexibility index (Phi) is 3.31. The predicted molar refractivity (Wildman–Crippen MR) is 76.8 cm³/mol. The maximum Gasteiger partial charge on any atom is 0.145 e. The Hall–Kier alpha value is -1.72. The van der Waals surface area contributed by atoms with E-state index in [1.807, 2.05) is 12.1 Å². The molecule has 3 N–H and O–H groups in total. The fraction of sp³-hybridized carbons (Fsp3) is 0.429. The Morgan fingerprint density at radius 2 is 2.05 bits per heavy atom. The summed E-state index contributed by atoms with van der Waals surface area (Å²) in [5.41, 5.74) is 8.17. The number of hydrogen-bond donors (Lipinski definition) is 2. The first-order chi connectivity index (χ1) is 9.22. The molecule has 0 bridgehead atoms. The molecule has 5 heteroatoms. The zero-order chi connectivity index (χ0) is 13.2. The van der Waals surface area contributed by atoms with Crippen molar-refractivity contribution >= 4 is 16.7 Å². The Morgan fingerprint density at radius 3 is 2.84 bits per heavy atom. The average Bonchev–Trinajstić information content (AvgIpc) is 2.39. The van der Waals surface area contributed by atoms with Gasteiger partial charge in [0, 0.05) is 31.6 Å². The molecule has 1 saturated heterocycles. The summed E-state index contributed by atoms with van der Waals surface area (Å²) in [6.45, 7) is 6.97. The Bertz CT molecular complexity index is 590. The molecule has 0 atom stereocenters. The first kappa shape index (κ1) is 12.3. The first-order valence-electron chi connectivity index (χ1n) is 6.68. The van der Waals surface area contributed by atoms with Crippen LogP contribution >= 0.6 is 0 Å². The Morgan fingerprint density at radius 1 is 1.26 bits per heavy atom. The van der Waals surface area contributed by atoms with Crippen LogP contribution in [0.25, 0.3) is 10.9 Å². The molecule has 2 aromatic rings. The molecule has 0 aliphatic carbocycles. The van der Waals surface area contributed by atoms with Crippen molar-refractivity contribution in [1.29, 1.82) is 0 Å². The molecule has 0 unspecified atom stereocenters. The maximum atomic E-state index is 6.03. The van der Waals surface area contributed by atoms with Gasteiger partial charge in [-0.1, -0.05) is 6.07 Å². The summed E-state index contributed by atoms with van der Waals surface area (Å²) in [5, 5.41) is 4.28. The van der Waals surface area contributed by atoms with Crippen LogP contribution in [0.4, 0.5) is 5.82 Å². The third kappa shape index (κ3) is 2.67. The quantitative estimate of drug-likeness (QED) is 0.837. The minimum atomic E-state index is 0.579. The second-order valence-corrected chi connectivity index (χ2v) is 5.07. The number of benzene rings is 1. The number of aryl methyl sites for hydroxylation is 1. The summed E-state index contributed by atoms with van der Waals surface area (Å²) in [7, 11) is 0. The lowest BCUT2D eigenvalue weighted by molar-refractivity contribution is 0.228. The average molecular weight is 257 g/mol. The van der Waals surface area contributed by atoms with Gasteiger partial charge in [0.05, 0.1) is 12.1 Å². The first-order valence-corrected chi connectivity index (χ1v) is 6.68. The van der Waals surface area contributed by atoms with E-state index in [9.17, 15) is 0 Å². The van der Waals surface area contributed by atoms with Gasteiger partial charge in [-0.3, -0.25) is 4.90 Å². The standard InChI is InChI=1S/C14H19N5/c1-10-2-3-11-12(8-10)17-13(18-14(11)15)9-19-6-4-16-5-7-19/h2-3,8,16H,4-7,9H2,1H3,(H2,15,17,18). The lowest BCUT2D eigenvalue weighted by atomic mass is 10.1. The molecular weight excluding hydrogens is 238 g/mol. The van der Waals surface area contributed by atoms with Crippen LogP contribution in [0.5, 0.6) is 0 Å². The maximum absolute atomic E-state index is 6.03. The molecule has 1 aliphatic heterocycles. The summed E-state index contributed by atoms with van der Waals surface area (Å²) in [6.07, 6.45) is 0. The van der Waals surface area contributed by atoms with Crippen LogP contribution in [-0.4, -0.2) is 41.0 Å². The van der Waals surface area contributed by atoms with Crippen molar-refractivity contribution in [2.75, 3.05) is 31.9 Å². The highest BCUT2D eigenvalue weighted by molar-refractivity contribution is 5.88. The van der Waals surface area contributed by atoms with Crippen molar-refractivity contribution < 1.29 is 0 Å². The van der Waals surface area contributed by atoms with E-state index >= 15 is 0 Å². The zero-order valence-corrected chi connectivity index (χ0v) is 11.2. The molecule has 0 radical (unpaired) electrons. The number of anilines is 1. The van der Waals surface area contributed by atoms with Crippen LogP contribution in [0.1, 0.15) is 11.4 Å². The number of piperazine rings is 1. The predicted octanol–water partition coefficient (Wildman–Crippen LogP) is 0.926. The van der Waals surface area contributed by atoms with Crippen LogP contribution in [0.2, 0.25) is 0 Å². The summed E-state index contributed by atoms with van der Waals surface area (Å²) >= 11 is 0. The monoisotopic (exact) mass is 257 g/mol. The fourth-order valence-corrected chi connectivity index (χ4v) is 2.45. The molecule has 19 heavy (non-hydrogen) atoms. The molecule has 0 saturated carbocycles. The molecule has 0 spiro atoms. The van der Waals surface area contributed by atoms with E-state index in [-0.39, 0.29) is 0 Å². The lowest BCUT2D eigenvalue weighted by Crippen LogP contribution is -2.43. The van der Waals surface area contributed by atoms with Crippen molar-refractivity contribution in [1.82, 2.24) is 20.2 Å². The van der Waals surface area contributed by atoms with Gasteiger partial charge < -0.3 is 11.1 Å². The third-order valence-electron chi connectivity index (χ3n) is 3.50. The normalized spacial score (nSPS) is 16.9. The molecular formula is C14H19N5. The SMILES string of the molecule is Cc1ccc2c(N)nc(CN3CCNCC3)nc2c1. The van der Waals surface area contributed by atoms with Crippen LogP contribution in [0.15, 0.2) is 18.2 Å². The van der Waals surface area contributed by atoms with Gasteiger partial charge in [-0.25, -0.2) is 9.97 Å². The number of rotatable bonds is 2. The molecule has 2 heterocycles. The molecule has 1 fully saturated rings. The Labute approximate surface area is 112 Å². The number of aromatic nitrogens is 2. The van der Waals surface area contributed by atoms with E-state index < -0.39 is 0 Å². The number of fused-ring (bicyclic) bond motifs is 1. The van der Waals surface area contributed by atoms with Gasteiger partial charge in [0.2, 0.25) is 0 Å². The van der Waals surface area contributed by atoms with Gasteiger partial charge >= 0.3 is 0 Å². The van der Waals surface area contributed by atoms with Gasteiger partial charge in [0.25, 0.3) is 0 Å². The summed E-state index contributed by atoms with van der Waals surface area (Å²) in [5.74, 6) is 1.40. The van der Waals surface area contributed by atoms with Gasteiger partial charge in [-0.05, 0) is 24.6 Å². The summed E-state index contributed by atoms with van der Waals surface area (Å²) in [4.78, 5) is 11.4. The van der Waals surface area contributed by atoms with E-state index in [2.05, 4.69) is 33.2 Å². The van der Waals surface area contributed by atoms with Crippen LogP contribution in [0, 0.1) is 6.92 Å². The number of nitrogens with zero attached hydrogens (tertiary/aromatic N) is 3. The fourth-order valence-electron chi connectivity index (χ4n) is 2.45. The Balaban J connectivity index is 1.91. The van der Waals surface area contributed by atoms with E-state index in [0.717, 1.165) is 49.5 Å². The third-order valence-corrected chi connectivity index (χ3v) is 3.50. The minimum Gasteiger partial charge on any atom is -0.383 e. The van der Waals surface area contributed by atoms with Gasteiger partial charge in [0.15, 0.2) is 0 Å². The largest absolute Gasteiger partial charge is 0.383 e. The second kappa shape index (κ2) is 5.11. The van der Waals surface area contributed by atoms with Crippen molar-refractivity contribution in [3.8, 4) is 0 Å². The smallest absolute Gasteiger partial charge is 0.145 e. The van der Waals surface area contributed by atoms with Crippen molar-refractivity contribution in [3.63, 3.8) is 0 Å². The highest BCUT2D eigenvalue weighted by Crippen LogP contribution is 2.19. The zero-order valence-electron chi connectivity index (χ0n) is 11.2. The molecule has 3 rings (SSSR count). The summed E-state index contributed by atoms with van der Waals surface area (Å²) < 4.78 is 0. The van der Waals surface area contributed by atoms with E-state index in [4.69, 9.17) is 5.73 Å². The molecule has 0 amide bonds. The summed E-state index contributed by atoms with van der Waals surface area (Å²) in [6, 6.07) is 6.10. The molecule has 5 nitrogen and oxygen atoms in total. The van der Waals surface area contributed by atoms with Crippen molar-refractivity contribution in [3.05, 3.63) is 29.6 Å². The van der Waals surface area contributed by atoms with Crippen LogP contribution in [0.3, 0.4) is 0 Å². The van der Waals surface area contributed by atoms with E-state index in [0.29, 0.717) is 5.82 Å². The van der Waals surface area contributed by atoms with E-state index in [1.165, 1.54) is 5.56 Å². The molecule has 1 aliphatic rings. The number of hydrogen-bond acceptors (Lipinski definition) is 5. The number of nitrogens with one attached hydrogen (secondary N) is 1. The van der Waals surface area contributed by atoms with Gasteiger partial charge in [-0.2, -0.15) is 0 Å². The van der Waals surface area contributed by atoms with Gasteiger partial charge in [-0.15, -0.1) is 0 Å². The topological polar surface area (TPSA) is 67.1 Å². The molecule has 1 aromatic heterocycles. The number of nitrogen functional groups attached to an aromatic ring is 1. The lowest BCUT2D eigenvalue weighted by Gasteiger charge is -2.26. The highest BCUT2D eigenvalue weighted by atomic mass is 15.2.